The van der Waals surface area contributed by atoms with Gasteiger partial charge in [0.2, 0.25) is 5.91 Å². The second kappa shape index (κ2) is 8.70. The van der Waals surface area contributed by atoms with Gasteiger partial charge >= 0.3 is 0 Å². The third kappa shape index (κ3) is 4.55. The highest BCUT2D eigenvalue weighted by atomic mass is 32.2. The van der Waals surface area contributed by atoms with E-state index in [1.165, 1.54) is 5.56 Å². The lowest BCUT2D eigenvalue weighted by Gasteiger charge is -2.28. The zero-order valence-electron chi connectivity index (χ0n) is 14.8. The van der Waals surface area contributed by atoms with E-state index in [0.29, 0.717) is 11.6 Å². The van der Waals surface area contributed by atoms with Crippen LogP contribution in [0.2, 0.25) is 0 Å². The number of rotatable bonds is 6. The van der Waals surface area contributed by atoms with Gasteiger partial charge in [-0.25, -0.2) is 0 Å². The van der Waals surface area contributed by atoms with E-state index in [0.717, 1.165) is 50.7 Å². The molecule has 0 unspecified atom stereocenters. The lowest BCUT2D eigenvalue weighted by molar-refractivity contribution is -0.131. The molecule has 2 fully saturated rings. The van der Waals surface area contributed by atoms with Crippen LogP contribution in [0.4, 0.5) is 0 Å². The van der Waals surface area contributed by atoms with E-state index in [-0.39, 0.29) is 11.9 Å². The van der Waals surface area contributed by atoms with E-state index in [1.54, 1.807) is 0 Å². The summed E-state index contributed by atoms with van der Waals surface area (Å²) in [5.41, 5.74) is 1.92. The van der Waals surface area contributed by atoms with Crippen molar-refractivity contribution in [3.63, 3.8) is 0 Å². The van der Waals surface area contributed by atoms with E-state index >= 15 is 0 Å². The maximum atomic E-state index is 12.6. The number of carbonyl (C=O) groups is 1. The first-order valence-electron chi connectivity index (χ1n) is 9.04. The molecule has 2 atom stereocenters. The summed E-state index contributed by atoms with van der Waals surface area (Å²) in [5.74, 6) is 2.16. The monoisotopic (exact) mass is 358 g/mol. The normalized spacial score (nSPS) is 23.2. The first-order valence-corrected chi connectivity index (χ1v) is 10.2. The van der Waals surface area contributed by atoms with Gasteiger partial charge in [-0.15, -0.1) is 11.8 Å². The van der Waals surface area contributed by atoms with E-state index in [4.69, 9.17) is 5.26 Å². The van der Waals surface area contributed by atoms with Crippen molar-refractivity contribution in [1.29, 1.82) is 5.26 Å². The van der Waals surface area contributed by atoms with Crippen LogP contribution in [0.5, 0.6) is 0 Å². The summed E-state index contributed by atoms with van der Waals surface area (Å²) in [6.45, 7) is 5.83. The molecule has 2 saturated heterocycles. The molecular weight excluding hydrogens is 332 g/mol. The Bertz CT molecular complexity index is 621. The van der Waals surface area contributed by atoms with Gasteiger partial charge in [0.1, 0.15) is 0 Å². The second-order valence-electron chi connectivity index (χ2n) is 6.77. The van der Waals surface area contributed by atoms with Crippen LogP contribution in [0.3, 0.4) is 0 Å². The van der Waals surface area contributed by atoms with E-state index < -0.39 is 0 Å². The SMILES string of the molecule is CCCN(Cc1ccc(C#N)cc1)[C@@H]1CN[C@H](C(=O)N2CCSC2)C1. The fraction of sp³-hybridized carbons (Fsp3) is 0.579. The van der Waals surface area contributed by atoms with Crippen molar-refractivity contribution in [3.8, 4) is 6.07 Å². The zero-order valence-corrected chi connectivity index (χ0v) is 15.6. The molecule has 6 heteroatoms. The van der Waals surface area contributed by atoms with Crippen molar-refractivity contribution in [2.24, 2.45) is 0 Å². The highest BCUT2D eigenvalue weighted by Crippen LogP contribution is 2.21. The number of thioether (sulfide) groups is 1. The van der Waals surface area contributed by atoms with Crippen LogP contribution >= 0.6 is 11.8 Å². The highest BCUT2D eigenvalue weighted by molar-refractivity contribution is 7.99. The smallest absolute Gasteiger partial charge is 0.240 e. The molecule has 2 heterocycles. The Morgan fingerprint density at radius 2 is 2.24 bits per heavy atom. The Balaban J connectivity index is 1.60. The number of hydrogen-bond acceptors (Lipinski definition) is 5. The van der Waals surface area contributed by atoms with E-state index in [1.807, 2.05) is 40.9 Å². The van der Waals surface area contributed by atoms with Crippen molar-refractivity contribution < 1.29 is 4.79 Å². The number of nitrogens with one attached hydrogen (secondary N) is 1. The van der Waals surface area contributed by atoms with Gasteiger partial charge in [-0.05, 0) is 37.1 Å². The minimum atomic E-state index is -0.0379. The molecule has 0 aliphatic carbocycles. The maximum Gasteiger partial charge on any atom is 0.240 e. The van der Waals surface area contributed by atoms with Crippen molar-refractivity contribution >= 4 is 17.7 Å². The van der Waals surface area contributed by atoms with Crippen LogP contribution in [-0.4, -0.2) is 59.1 Å². The molecule has 0 aromatic heterocycles. The van der Waals surface area contributed by atoms with Crippen molar-refractivity contribution in [3.05, 3.63) is 35.4 Å². The number of nitriles is 1. The van der Waals surface area contributed by atoms with Crippen molar-refractivity contribution in [1.82, 2.24) is 15.1 Å². The predicted octanol–water partition coefficient (Wildman–Crippen LogP) is 2.03. The molecule has 0 saturated carbocycles. The molecule has 2 aliphatic heterocycles. The van der Waals surface area contributed by atoms with Gasteiger partial charge < -0.3 is 10.2 Å². The molecule has 25 heavy (non-hydrogen) atoms. The average Bonchev–Trinajstić information content (AvgIpc) is 3.33. The Hall–Kier alpha value is -1.55. The van der Waals surface area contributed by atoms with Gasteiger partial charge in [-0.3, -0.25) is 9.69 Å². The minimum Gasteiger partial charge on any atom is -0.331 e. The number of hydrogen-bond donors (Lipinski definition) is 1. The average molecular weight is 359 g/mol. The maximum absolute atomic E-state index is 12.6. The molecule has 0 spiro atoms. The number of benzene rings is 1. The Labute approximate surface area is 154 Å². The van der Waals surface area contributed by atoms with Gasteiger partial charge in [-0.1, -0.05) is 19.1 Å². The summed E-state index contributed by atoms with van der Waals surface area (Å²) < 4.78 is 0. The fourth-order valence-electron chi connectivity index (χ4n) is 3.59. The Kier molecular flexibility index (Phi) is 6.35. The third-order valence-corrected chi connectivity index (χ3v) is 5.93. The van der Waals surface area contributed by atoms with Gasteiger partial charge in [0.25, 0.3) is 0 Å². The molecule has 1 N–H and O–H groups in total. The van der Waals surface area contributed by atoms with Crippen LogP contribution in [0.15, 0.2) is 24.3 Å². The molecule has 1 aromatic rings. The lowest BCUT2D eigenvalue weighted by atomic mass is 10.1. The zero-order chi connectivity index (χ0) is 17.6. The van der Waals surface area contributed by atoms with E-state index in [2.05, 4.69) is 23.2 Å². The van der Waals surface area contributed by atoms with Crippen molar-refractivity contribution in [2.45, 2.75) is 38.4 Å². The summed E-state index contributed by atoms with van der Waals surface area (Å²) in [5, 5.41) is 12.4. The van der Waals surface area contributed by atoms with E-state index in [9.17, 15) is 4.79 Å². The van der Waals surface area contributed by atoms with Crippen LogP contribution in [0.25, 0.3) is 0 Å². The number of carbonyl (C=O) groups excluding carboxylic acids is 1. The van der Waals surface area contributed by atoms with Gasteiger partial charge in [0, 0.05) is 31.4 Å². The highest BCUT2D eigenvalue weighted by Gasteiger charge is 2.35. The summed E-state index contributed by atoms with van der Waals surface area (Å²) in [4.78, 5) is 17.1. The Morgan fingerprint density at radius 1 is 1.44 bits per heavy atom. The molecule has 0 bridgehead atoms. The molecule has 134 valence electrons. The topological polar surface area (TPSA) is 59.4 Å². The molecule has 2 aliphatic rings. The molecule has 3 rings (SSSR count). The largest absolute Gasteiger partial charge is 0.331 e. The standard InChI is InChI=1S/C19H26N4OS/c1-2-7-22(13-16-5-3-15(11-20)4-6-16)17-10-18(21-12-17)19(24)23-8-9-25-14-23/h3-6,17-18,21H,2,7-10,12-14H2,1H3/t17-,18-/m0/s1. The molecular formula is C19H26N4OS. The third-order valence-electron chi connectivity index (χ3n) is 4.97. The number of amides is 1. The second-order valence-corrected chi connectivity index (χ2v) is 7.84. The molecule has 5 nitrogen and oxygen atoms in total. The first kappa shape index (κ1) is 18.2. The Morgan fingerprint density at radius 3 is 2.88 bits per heavy atom. The van der Waals surface area contributed by atoms with Crippen molar-refractivity contribution in [2.75, 3.05) is 31.3 Å². The van der Waals surface area contributed by atoms with Crippen LogP contribution < -0.4 is 5.32 Å². The quantitative estimate of drug-likeness (QED) is 0.843. The van der Waals surface area contributed by atoms with Crippen LogP contribution in [-0.2, 0) is 11.3 Å². The van der Waals surface area contributed by atoms with Gasteiger partial charge in [0.15, 0.2) is 0 Å². The van der Waals surface area contributed by atoms with Gasteiger partial charge in [-0.2, -0.15) is 5.26 Å². The number of nitrogens with zero attached hydrogens (tertiary/aromatic N) is 3. The molecule has 0 radical (unpaired) electrons. The summed E-state index contributed by atoms with van der Waals surface area (Å²) in [7, 11) is 0. The minimum absolute atomic E-state index is 0.0379. The summed E-state index contributed by atoms with van der Waals surface area (Å²) in [6.07, 6.45) is 1.98. The predicted molar refractivity (Wildman–Crippen MR) is 101 cm³/mol. The van der Waals surface area contributed by atoms with Gasteiger partial charge in [0.05, 0.1) is 23.6 Å². The molecule has 1 aromatic carbocycles. The fourth-order valence-corrected chi connectivity index (χ4v) is 4.54. The first-order chi connectivity index (χ1) is 12.2. The van der Waals surface area contributed by atoms with Crippen LogP contribution in [0.1, 0.15) is 30.9 Å². The molecule has 1 amide bonds. The lowest BCUT2D eigenvalue weighted by Crippen LogP contribution is -2.42. The summed E-state index contributed by atoms with van der Waals surface area (Å²) in [6, 6.07) is 10.3. The summed E-state index contributed by atoms with van der Waals surface area (Å²) >= 11 is 1.83. The van der Waals surface area contributed by atoms with Crippen LogP contribution in [0, 0.1) is 11.3 Å².